The third kappa shape index (κ3) is 4.32. The van der Waals surface area contributed by atoms with Crippen molar-refractivity contribution in [1.29, 1.82) is 0 Å². The maximum absolute atomic E-state index is 12.4. The van der Waals surface area contributed by atoms with Gasteiger partial charge in [-0.25, -0.2) is 13.2 Å². The van der Waals surface area contributed by atoms with E-state index < -0.39 is 16.0 Å². The van der Waals surface area contributed by atoms with E-state index >= 15 is 0 Å². The predicted octanol–water partition coefficient (Wildman–Crippen LogP) is 2.06. The minimum absolute atomic E-state index is 0.176. The van der Waals surface area contributed by atoms with Gasteiger partial charge in [-0.1, -0.05) is 13.8 Å². The molecule has 0 aromatic heterocycles. The molecule has 1 saturated heterocycles. The molecule has 3 rings (SSSR count). The molecule has 2 aliphatic heterocycles. The smallest absolute Gasteiger partial charge is 0.338 e. The number of likely N-dealkylation sites (tertiary alicyclic amines) is 1. The van der Waals surface area contributed by atoms with Crippen molar-refractivity contribution in [2.45, 2.75) is 39.7 Å². The number of rotatable bonds is 4. The molecule has 0 saturated carbocycles. The zero-order chi connectivity index (χ0) is 20.6. The number of hydrogen-bond acceptors (Lipinski definition) is 5. The summed E-state index contributed by atoms with van der Waals surface area (Å²) in [4.78, 5) is 26.5. The van der Waals surface area contributed by atoms with E-state index in [1.807, 2.05) is 6.92 Å². The molecule has 0 bridgehead atoms. The van der Waals surface area contributed by atoms with E-state index in [9.17, 15) is 18.0 Å². The molecule has 0 spiro atoms. The van der Waals surface area contributed by atoms with Crippen molar-refractivity contribution in [2.24, 2.45) is 11.8 Å². The van der Waals surface area contributed by atoms with E-state index in [2.05, 4.69) is 13.8 Å². The Bertz CT molecular complexity index is 873. The lowest BCUT2D eigenvalue weighted by Crippen LogP contribution is -2.44. The van der Waals surface area contributed by atoms with Gasteiger partial charge in [-0.2, -0.15) is 0 Å². The highest BCUT2D eigenvalue weighted by atomic mass is 32.2. The molecule has 0 aliphatic carbocycles. The Morgan fingerprint density at radius 2 is 1.79 bits per heavy atom. The summed E-state index contributed by atoms with van der Waals surface area (Å²) in [6, 6.07) is 4.65. The van der Waals surface area contributed by atoms with E-state index in [0.29, 0.717) is 42.6 Å². The van der Waals surface area contributed by atoms with Gasteiger partial charge in [0.25, 0.3) is 5.91 Å². The molecule has 2 heterocycles. The third-order valence-corrected chi connectivity index (χ3v) is 6.65. The summed E-state index contributed by atoms with van der Waals surface area (Å²) in [6.45, 7) is 7.18. The first kappa shape index (κ1) is 20.6. The highest BCUT2D eigenvalue weighted by Crippen LogP contribution is 2.34. The number of nitrogens with zero attached hydrogens (tertiary/aromatic N) is 2. The molecule has 2 aliphatic rings. The molecule has 28 heavy (non-hydrogen) atoms. The van der Waals surface area contributed by atoms with Gasteiger partial charge in [-0.3, -0.25) is 9.10 Å². The number of esters is 1. The number of amides is 1. The fourth-order valence-corrected chi connectivity index (χ4v) is 5.67. The Hall–Kier alpha value is -2.09. The summed E-state index contributed by atoms with van der Waals surface area (Å²) in [7, 11) is -3.37. The van der Waals surface area contributed by atoms with E-state index in [4.69, 9.17) is 4.74 Å². The molecule has 3 atom stereocenters. The number of sulfonamides is 1. The van der Waals surface area contributed by atoms with Crippen LogP contribution in [-0.4, -0.2) is 57.2 Å². The quantitative estimate of drug-likeness (QED) is 0.712. The zero-order valence-corrected chi connectivity index (χ0v) is 17.7. The Morgan fingerprint density at radius 1 is 1.14 bits per heavy atom. The minimum atomic E-state index is -3.37. The molecule has 1 amide bonds. The van der Waals surface area contributed by atoms with E-state index in [1.54, 1.807) is 23.1 Å². The standard InChI is InChI=1S/C20H28N2O5S/c1-13-7-14(2)11-21(10-13)19(23)12-27-20(24)16-5-6-18-17(9-16)8-15(3)22(18)28(4,25)26/h5-6,9,13-15H,7-8,10-12H2,1-4H3. The Kier molecular flexibility index (Phi) is 5.70. The highest BCUT2D eigenvalue weighted by molar-refractivity contribution is 7.92. The van der Waals surface area contributed by atoms with Gasteiger partial charge in [0.1, 0.15) is 0 Å². The number of carbonyl (C=O) groups excluding carboxylic acids is 2. The van der Waals surface area contributed by atoms with Gasteiger partial charge in [-0.05, 0) is 55.4 Å². The second-order valence-corrected chi connectivity index (χ2v) is 10.1. The maximum Gasteiger partial charge on any atom is 0.338 e. The predicted molar refractivity (Wildman–Crippen MR) is 107 cm³/mol. The fourth-order valence-electron chi connectivity index (χ4n) is 4.40. The van der Waals surface area contributed by atoms with Crippen LogP contribution in [0.2, 0.25) is 0 Å². The number of benzene rings is 1. The van der Waals surface area contributed by atoms with Crippen molar-refractivity contribution in [2.75, 3.05) is 30.3 Å². The molecule has 8 heteroatoms. The van der Waals surface area contributed by atoms with Crippen LogP contribution in [0.25, 0.3) is 0 Å². The van der Waals surface area contributed by atoms with Crippen LogP contribution in [-0.2, 0) is 26.0 Å². The molecule has 1 aromatic carbocycles. The minimum Gasteiger partial charge on any atom is -0.452 e. The first-order chi connectivity index (χ1) is 13.1. The molecule has 0 radical (unpaired) electrons. The van der Waals surface area contributed by atoms with Crippen molar-refractivity contribution in [3.05, 3.63) is 29.3 Å². The molecule has 7 nitrogen and oxygen atoms in total. The number of hydrogen-bond donors (Lipinski definition) is 0. The summed E-state index contributed by atoms with van der Waals surface area (Å²) in [5, 5.41) is 0. The van der Waals surface area contributed by atoms with Crippen LogP contribution < -0.4 is 4.31 Å². The van der Waals surface area contributed by atoms with Crippen LogP contribution in [0.15, 0.2) is 18.2 Å². The molecule has 1 fully saturated rings. The lowest BCUT2D eigenvalue weighted by Gasteiger charge is -2.34. The van der Waals surface area contributed by atoms with Crippen LogP contribution in [0.3, 0.4) is 0 Å². The third-order valence-electron chi connectivity index (χ3n) is 5.37. The number of piperidine rings is 1. The second-order valence-electron chi connectivity index (χ2n) is 8.28. The average molecular weight is 409 g/mol. The number of anilines is 1. The fraction of sp³-hybridized carbons (Fsp3) is 0.600. The molecular weight excluding hydrogens is 380 g/mol. The molecule has 154 valence electrons. The maximum atomic E-state index is 12.4. The van der Waals surface area contributed by atoms with Gasteiger partial charge in [0.15, 0.2) is 6.61 Å². The van der Waals surface area contributed by atoms with Gasteiger partial charge >= 0.3 is 5.97 Å². The van der Waals surface area contributed by atoms with E-state index in [0.717, 1.165) is 12.0 Å². The van der Waals surface area contributed by atoms with Gasteiger partial charge in [-0.15, -0.1) is 0 Å². The largest absolute Gasteiger partial charge is 0.452 e. The summed E-state index contributed by atoms with van der Waals surface area (Å²) < 4.78 is 30.6. The van der Waals surface area contributed by atoms with Crippen LogP contribution in [0, 0.1) is 11.8 Å². The van der Waals surface area contributed by atoms with Crippen molar-refractivity contribution >= 4 is 27.6 Å². The van der Waals surface area contributed by atoms with Crippen molar-refractivity contribution < 1.29 is 22.7 Å². The molecule has 1 aromatic rings. The second kappa shape index (κ2) is 7.73. The van der Waals surface area contributed by atoms with Crippen LogP contribution in [0.5, 0.6) is 0 Å². The lowest BCUT2D eigenvalue weighted by atomic mass is 9.92. The number of ether oxygens (including phenoxy) is 1. The van der Waals surface area contributed by atoms with Crippen molar-refractivity contribution in [3.8, 4) is 0 Å². The van der Waals surface area contributed by atoms with Crippen LogP contribution in [0.4, 0.5) is 5.69 Å². The van der Waals surface area contributed by atoms with Crippen LogP contribution in [0.1, 0.15) is 43.1 Å². The monoisotopic (exact) mass is 408 g/mol. The van der Waals surface area contributed by atoms with Gasteiger partial charge in [0, 0.05) is 19.1 Å². The first-order valence-corrected chi connectivity index (χ1v) is 11.5. The summed E-state index contributed by atoms with van der Waals surface area (Å²) >= 11 is 0. The number of carbonyl (C=O) groups is 2. The zero-order valence-electron chi connectivity index (χ0n) is 16.8. The Balaban J connectivity index is 1.65. The van der Waals surface area contributed by atoms with Gasteiger partial charge in [0.2, 0.25) is 10.0 Å². The summed E-state index contributed by atoms with van der Waals surface area (Å²) in [5.74, 6) is 0.143. The SMILES string of the molecule is CC1CC(C)CN(C(=O)COC(=O)c2ccc3c(c2)CC(C)N3S(C)(=O)=O)C1. The lowest BCUT2D eigenvalue weighted by molar-refractivity contribution is -0.137. The Morgan fingerprint density at radius 3 is 2.39 bits per heavy atom. The van der Waals surface area contributed by atoms with Crippen molar-refractivity contribution in [3.63, 3.8) is 0 Å². The van der Waals surface area contributed by atoms with Crippen molar-refractivity contribution in [1.82, 2.24) is 4.90 Å². The molecule has 3 unspecified atom stereocenters. The topological polar surface area (TPSA) is 84.0 Å². The summed E-state index contributed by atoms with van der Waals surface area (Å²) in [6.07, 6.45) is 2.81. The normalized spacial score (nSPS) is 24.8. The first-order valence-electron chi connectivity index (χ1n) is 9.63. The Labute approximate surface area is 166 Å². The van der Waals surface area contributed by atoms with E-state index in [-0.39, 0.29) is 18.6 Å². The molecule has 0 N–H and O–H groups in total. The average Bonchev–Trinajstić information content (AvgIpc) is 2.93. The van der Waals surface area contributed by atoms with Gasteiger partial charge in [0.05, 0.1) is 17.5 Å². The highest BCUT2D eigenvalue weighted by Gasteiger charge is 2.33. The summed E-state index contributed by atoms with van der Waals surface area (Å²) in [5.41, 5.74) is 1.71. The van der Waals surface area contributed by atoms with Gasteiger partial charge < -0.3 is 9.64 Å². The van der Waals surface area contributed by atoms with E-state index in [1.165, 1.54) is 10.6 Å². The van der Waals surface area contributed by atoms with Crippen LogP contribution >= 0.6 is 0 Å². The molecular formula is C20H28N2O5S. The number of fused-ring (bicyclic) bond motifs is 1.